The Kier molecular flexibility index (Phi) is 3.89. The number of halogens is 1. The summed E-state index contributed by atoms with van der Waals surface area (Å²) in [6, 6.07) is 9.91. The quantitative estimate of drug-likeness (QED) is 0.900. The van der Waals surface area contributed by atoms with Crippen LogP contribution in [0.5, 0.6) is 5.75 Å². The summed E-state index contributed by atoms with van der Waals surface area (Å²) in [5.41, 5.74) is 1.73. The molecule has 0 aliphatic carbocycles. The van der Waals surface area contributed by atoms with Crippen LogP contribution in [-0.2, 0) is 0 Å². The molecule has 0 amide bonds. The predicted molar refractivity (Wildman–Crippen MR) is 68.1 cm³/mol. The number of pyridine rings is 1. The molecule has 0 bridgehead atoms. The van der Waals surface area contributed by atoms with E-state index in [1.165, 1.54) is 12.1 Å². The van der Waals surface area contributed by atoms with Gasteiger partial charge in [-0.2, -0.15) is 0 Å². The maximum absolute atomic E-state index is 12.9. The Balaban J connectivity index is 2.41. The van der Waals surface area contributed by atoms with E-state index in [9.17, 15) is 4.39 Å². The van der Waals surface area contributed by atoms with Crippen LogP contribution in [0.15, 0.2) is 42.6 Å². The summed E-state index contributed by atoms with van der Waals surface area (Å²) in [5.74, 6) is 0.461. The number of ether oxygens (including phenoxy) is 1. The van der Waals surface area contributed by atoms with Gasteiger partial charge in [0.1, 0.15) is 17.3 Å². The van der Waals surface area contributed by atoms with Gasteiger partial charge in [0, 0.05) is 6.20 Å². The lowest BCUT2D eigenvalue weighted by molar-refractivity contribution is 0.401. The van der Waals surface area contributed by atoms with Gasteiger partial charge in [-0.1, -0.05) is 12.1 Å². The number of nitrogens with one attached hydrogen (secondary N) is 1. The smallest absolute Gasteiger partial charge is 0.142 e. The molecule has 2 aromatic rings. The Morgan fingerprint density at radius 2 is 1.94 bits per heavy atom. The monoisotopic (exact) mass is 246 g/mol. The highest BCUT2D eigenvalue weighted by Gasteiger charge is 2.17. The van der Waals surface area contributed by atoms with E-state index in [2.05, 4.69) is 10.3 Å². The molecular weight excluding hydrogens is 231 g/mol. The molecule has 1 aromatic carbocycles. The van der Waals surface area contributed by atoms with Crippen molar-refractivity contribution in [2.75, 3.05) is 14.2 Å². The Morgan fingerprint density at radius 3 is 2.56 bits per heavy atom. The topological polar surface area (TPSA) is 34.2 Å². The van der Waals surface area contributed by atoms with E-state index in [4.69, 9.17) is 4.74 Å². The average Bonchev–Trinajstić information content (AvgIpc) is 2.42. The van der Waals surface area contributed by atoms with Crippen molar-refractivity contribution in [3.8, 4) is 5.75 Å². The second-order valence-corrected chi connectivity index (χ2v) is 3.86. The molecule has 0 saturated carbocycles. The third-order valence-electron chi connectivity index (χ3n) is 2.79. The summed E-state index contributed by atoms with van der Waals surface area (Å²) in [5, 5.41) is 3.16. The number of hydrogen-bond acceptors (Lipinski definition) is 3. The molecule has 4 heteroatoms. The van der Waals surface area contributed by atoms with Gasteiger partial charge >= 0.3 is 0 Å². The molecule has 94 valence electrons. The zero-order valence-corrected chi connectivity index (χ0v) is 10.4. The summed E-state index contributed by atoms with van der Waals surface area (Å²) < 4.78 is 18.2. The van der Waals surface area contributed by atoms with Crippen molar-refractivity contribution in [1.29, 1.82) is 0 Å². The normalized spacial score (nSPS) is 12.2. The van der Waals surface area contributed by atoms with Crippen LogP contribution in [0.3, 0.4) is 0 Å². The molecule has 0 radical (unpaired) electrons. The van der Waals surface area contributed by atoms with Gasteiger partial charge in [0.25, 0.3) is 0 Å². The van der Waals surface area contributed by atoms with Crippen molar-refractivity contribution < 1.29 is 9.13 Å². The van der Waals surface area contributed by atoms with Gasteiger partial charge in [-0.05, 0) is 36.9 Å². The largest absolute Gasteiger partial charge is 0.495 e. The second kappa shape index (κ2) is 5.60. The molecule has 2 rings (SSSR count). The summed E-state index contributed by atoms with van der Waals surface area (Å²) in [6.07, 6.45) is 1.71. The SMILES string of the molecule is CNC(c1ccc(F)cc1)c1ncccc1OC. The predicted octanol–water partition coefficient (Wildman–Crippen LogP) is 2.54. The molecule has 18 heavy (non-hydrogen) atoms. The van der Waals surface area contributed by atoms with Crippen molar-refractivity contribution in [2.45, 2.75) is 6.04 Å². The van der Waals surface area contributed by atoms with Crippen molar-refractivity contribution in [2.24, 2.45) is 0 Å². The molecule has 1 N–H and O–H groups in total. The van der Waals surface area contributed by atoms with Gasteiger partial charge in [0.2, 0.25) is 0 Å². The molecule has 1 atom stereocenters. The van der Waals surface area contributed by atoms with Crippen LogP contribution in [0, 0.1) is 5.82 Å². The third kappa shape index (κ3) is 2.49. The first kappa shape index (κ1) is 12.5. The third-order valence-corrected chi connectivity index (χ3v) is 2.79. The molecule has 3 nitrogen and oxygen atoms in total. The maximum atomic E-state index is 12.9. The molecule has 1 heterocycles. The highest BCUT2D eigenvalue weighted by molar-refractivity contribution is 5.36. The van der Waals surface area contributed by atoms with E-state index >= 15 is 0 Å². The molecular formula is C14H15FN2O. The Bertz CT molecular complexity index is 513. The van der Waals surface area contributed by atoms with Crippen LogP contribution in [0.1, 0.15) is 17.3 Å². The van der Waals surface area contributed by atoms with E-state index in [0.29, 0.717) is 5.75 Å². The van der Waals surface area contributed by atoms with Gasteiger partial charge in [0.05, 0.1) is 13.2 Å². The van der Waals surface area contributed by atoms with Crippen molar-refractivity contribution in [3.63, 3.8) is 0 Å². The van der Waals surface area contributed by atoms with Gasteiger partial charge < -0.3 is 10.1 Å². The highest BCUT2D eigenvalue weighted by Crippen LogP contribution is 2.27. The molecule has 1 aromatic heterocycles. The fraction of sp³-hybridized carbons (Fsp3) is 0.214. The standard InChI is InChI=1S/C14H15FN2O/c1-16-13(10-5-7-11(15)8-6-10)14-12(18-2)4-3-9-17-14/h3-9,13,16H,1-2H3. The first-order valence-electron chi connectivity index (χ1n) is 5.68. The molecule has 0 saturated heterocycles. The van der Waals surface area contributed by atoms with E-state index in [1.54, 1.807) is 25.4 Å². The van der Waals surface area contributed by atoms with Gasteiger partial charge in [-0.25, -0.2) is 4.39 Å². The molecule has 0 spiro atoms. The van der Waals surface area contributed by atoms with E-state index < -0.39 is 0 Å². The number of methoxy groups -OCH3 is 1. The zero-order chi connectivity index (χ0) is 13.0. The summed E-state index contributed by atoms with van der Waals surface area (Å²) in [7, 11) is 3.44. The Morgan fingerprint density at radius 1 is 1.22 bits per heavy atom. The van der Waals surface area contributed by atoms with E-state index in [0.717, 1.165) is 11.3 Å². The van der Waals surface area contributed by atoms with Crippen molar-refractivity contribution >= 4 is 0 Å². The van der Waals surface area contributed by atoms with Crippen LogP contribution < -0.4 is 10.1 Å². The first-order chi connectivity index (χ1) is 8.76. The minimum Gasteiger partial charge on any atom is -0.495 e. The second-order valence-electron chi connectivity index (χ2n) is 3.86. The van der Waals surface area contributed by atoms with Crippen LogP contribution in [0.25, 0.3) is 0 Å². The molecule has 0 fully saturated rings. The van der Waals surface area contributed by atoms with Crippen LogP contribution in [0.4, 0.5) is 4.39 Å². The molecule has 1 unspecified atom stereocenters. The minimum atomic E-state index is -0.249. The number of nitrogens with zero attached hydrogens (tertiary/aromatic N) is 1. The lowest BCUT2D eigenvalue weighted by atomic mass is 10.0. The van der Waals surface area contributed by atoms with Gasteiger partial charge in [-0.3, -0.25) is 4.98 Å². The Hall–Kier alpha value is -1.94. The molecule has 0 aliphatic rings. The van der Waals surface area contributed by atoms with Crippen molar-refractivity contribution in [3.05, 3.63) is 59.7 Å². The fourth-order valence-corrected chi connectivity index (χ4v) is 1.91. The van der Waals surface area contributed by atoms with E-state index in [1.807, 2.05) is 19.2 Å². The number of rotatable bonds is 4. The average molecular weight is 246 g/mol. The van der Waals surface area contributed by atoms with Crippen LogP contribution in [-0.4, -0.2) is 19.1 Å². The first-order valence-corrected chi connectivity index (χ1v) is 5.68. The zero-order valence-electron chi connectivity index (χ0n) is 10.4. The lowest BCUT2D eigenvalue weighted by Crippen LogP contribution is -2.19. The fourth-order valence-electron chi connectivity index (χ4n) is 1.91. The maximum Gasteiger partial charge on any atom is 0.142 e. The summed E-state index contributed by atoms with van der Waals surface area (Å²) in [6.45, 7) is 0. The van der Waals surface area contributed by atoms with Crippen LogP contribution >= 0.6 is 0 Å². The summed E-state index contributed by atoms with van der Waals surface area (Å²) in [4.78, 5) is 4.34. The lowest BCUT2D eigenvalue weighted by Gasteiger charge is -2.18. The van der Waals surface area contributed by atoms with Gasteiger partial charge in [0.15, 0.2) is 0 Å². The Labute approximate surface area is 106 Å². The highest BCUT2D eigenvalue weighted by atomic mass is 19.1. The number of hydrogen-bond donors (Lipinski definition) is 1. The van der Waals surface area contributed by atoms with Gasteiger partial charge in [-0.15, -0.1) is 0 Å². The van der Waals surface area contributed by atoms with Crippen molar-refractivity contribution in [1.82, 2.24) is 10.3 Å². The molecule has 0 aliphatic heterocycles. The van der Waals surface area contributed by atoms with E-state index in [-0.39, 0.29) is 11.9 Å². The summed E-state index contributed by atoms with van der Waals surface area (Å²) >= 11 is 0. The number of aromatic nitrogens is 1. The minimum absolute atomic E-state index is 0.123. The van der Waals surface area contributed by atoms with Crippen LogP contribution in [0.2, 0.25) is 0 Å². The number of benzene rings is 1.